The molecule has 0 radical (unpaired) electrons. The summed E-state index contributed by atoms with van der Waals surface area (Å²) in [6, 6.07) is 10.1. The largest absolute Gasteiger partial charge is 0.437 e. The van der Waals surface area contributed by atoms with Crippen molar-refractivity contribution in [3.63, 3.8) is 0 Å². The number of hydrogen-bond donors (Lipinski definition) is 2. The molecule has 2 N–H and O–H groups in total. The van der Waals surface area contributed by atoms with E-state index >= 15 is 0 Å². The van der Waals surface area contributed by atoms with Crippen LogP contribution in [0.2, 0.25) is 5.02 Å². The Kier molecular flexibility index (Phi) is 5.88. The van der Waals surface area contributed by atoms with Crippen LogP contribution in [0.25, 0.3) is 0 Å². The molecule has 29 heavy (non-hydrogen) atoms. The molecule has 2 aromatic carbocycles. The number of urea groups is 1. The lowest BCUT2D eigenvalue weighted by Crippen LogP contribution is -2.20. The number of hydrogen-bond acceptors (Lipinski definition) is 3. The van der Waals surface area contributed by atoms with E-state index in [4.69, 9.17) is 16.3 Å². The molecule has 0 saturated carbocycles. The van der Waals surface area contributed by atoms with Crippen molar-refractivity contribution in [2.24, 2.45) is 0 Å². The van der Waals surface area contributed by atoms with Crippen molar-refractivity contribution < 1.29 is 27.1 Å². The Hall–Kier alpha value is -3.33. The van der Waals surface area contributed by atoms with Crippen LogP contribution in [-0.2, 0) is 6.18 Å². The summed E-state index contributed by atoms with van der Waals surface area (Å²) in [5.41, 5.74) is -0.542. The van der Waals surface area contributed by atoms with Gasteiger partial charge in [0.25, 0.3) is 0 Å². The summed E-state index contributed by atoms with van der Waals surface area (Å²) >= 11 is 5.66. The Balaban J connectivity index is 1.75. The lowest BCUT2D eigenvalue weighted by atomic mass is 10.2. The number of alkyl halides is 3. The standard InChI is InChI=1S/C19H12ClF4N3O2/c20-14-10-12(6-7-15(14)21)26-18(28)27-16-5-2-8-25-17(16)29-13-4-1-3-11(9-13)19(22,23)24/h1-10H,(H2,26,27,28). The van der Waals surface area contributed by atoms with E-state index < -0.39 is 23.6 Å². The van der Waals surface area contributed by atoms with Crippen LogP contribution in [0.1, 0.15) is 5.56 Å². The predicted octanol–water partition coefficient (Wildman–Crippen LogP) is 6.33. The number of nitrogens with one attached hydrogen (secondary N) is 2. The molecule has 0 saturated heterocycles. The first-order valence-electron chi connectivity index (χ1n) is 8.05. The molecule has 0 aliphatic rings. The van der Waals surface area contributed by atoms with Crippen LogP contribution in [0.4, 0.5) is 33.7 Å². The molecule has 1 aromatic heterocycles. The lowest BCUT2D eigenvalue weighted by Gasteiger charge is -2.13. The maximum Gasteiger partial charge on any atom is 0.416 e. The highest BCUT2D eigenvalue weighted by Gasteiger charge is 2.30. The summed E-state index contributed by atoms with van der Waals surface area (Å²) in [5, 5.41) is 4.74. The number of rotatable bonds is 4. The fourth-order valence-corrected chi connectivity index (χ4v) is 2.45. The van der Waals surface area contributed by atoms with Gasteiger partial charge in [-0.1, -0.05) is 17.7 Å². The Morgan fingerprint density at radius 2 is 1.83 bits per heavy atom. The van der Waals surface area contributed by atoms with Gasteiger partial charge in [0.1, 0.15) is 17.3 Å². The topological polar surface area (TPSA) is 63.2 Å². The highest BCUT2D eigenvalue weighted by atomic mass is 35.5. The molecule has 2 amide bonds. The number of aromatic nitrogens is 1. The van der Waals surface area contributed by atoms with Gasteiger partial charge in [-0.25, -0.2) is 14.2 Å². The van der Waals surface area contributed by atoms with Crippen LogP contribution in [-0.4, -0.2) is 11.0 Å². The number of ether oxygens (including phenoxy) is 1. The van der Waals surface area contributed by atoms with Gasteiger partial charge in [-0.15, -0.1) is 0 Å². The number of carbonyl (C=O) groups excluding carboxylic acids is 1. The van der Waals surface area contributed by atoms with Gasteiger partial charge in [0, 0.05) is 11.9 Å². The van der Waals surface area contributed by atoms with Crippen LogP contribution < -0.4 is 15.4 Å². The second-order valence-corrected chi connectivity index (χ2v) is 6.10. The van der Waals surface area contributed by atoms with Gasteiger partial charge in [0.2, 0.25) is 5.88 Å². The smallest absolute Gasteiger partial charge is 0.416 e. The number of carbonyl (C=O) groups is 1. The monoisotopic (exact) mass is 425 g/mol. The Bertz CT molecular complexity index is 1040. The molecule has 3 rings (SSSR count). The molecular formula is C19H12ClF4N3O2. The molecule has 0 aliphatic carbocycles. The number of benzene rings is 2. The molecule has 1 heterocycles. The SMILES string of the molecule is O=C(Nc1ccc(F)c(Cl)c1)Nc1cccnc1Oc1cccc(C(F)(F)F)c1. The second kappa shape index (κ2) is 8.36. The summed E-state index contributed by atoms with van der Waals surface area (Å²) in [5.74, 6) is -0.854. The van der Waals surface area contributed by atoms with Crippen molar-refractivity contribution in [2.45, 2.75) is 6.18 Å². The number of halogens is 5. The number of amides is 2. The van der Waals surface area contributed by atoms with Crippen LogP contribution in [0.3, 0.4) is 0 Å². The first-order valence-corrected chi connectivity index (χ1v) is 8.43. The highest BCUT2D eigenvalue weighted by molar-refractivity contribution is 6.31. The molecule has 0 bridgehead atoms. The van der Waals surface area contributed by atoms with Crippen molar-refractivity contribution in [3.05, 3.63) is 77.2 Å². The van der Waals surface area contributed by atoms with E-state index in [0.29, 0.717) is 0 Å². The van der Waals surface area contributed by atoms with Crippen LogP contribution >= 0.6 is 11.6 Å². The van der Waals surface area contributed by atoms with E-state index in [1.807, 2.05) is 0 Å². The van der Waals surface area contributed by atoms with Gasteiger partial charge in [0.15, 0.2) is 0 Å². The molecule has 0 unspecified atom stereocenters. The molecule has 10 heteroatoms. The zero-order valence-electron chi connectivity index (χ0n) is 14.4. The molecule has 5 nitrogen and oxygen atoms in total. The minimum absolute atomic E-state index is 0.104. The summed E-state index contributed by atoms with van der Waals surface area (Å²) < 4.78 is 57.1. The third kappa shape index (κ3) is 5.35. The Morgan fingerprint density at radius 1 is 1.03 bits per heavy atom. The third-order valence-corrected chi connectivity index (χ3v) is 3.86. The maximum absolute atomic E-state index is 13.2. The first-order chi connectivity index (χ1) is 13.7. The molecule has 0 spiro atoms. The number of pyridine rings is 1. The van der Waals surface area contributed by atoms with Gasteiger partial charge >= 0.3 is 12.2 Å². The molecule has 150 valence electrons. The van der Waals surface area contributed by atoms with Gasteiger partial charge < -0.3 is 15.4 Å². The molecule has 0 atom stereocenters. The lowest BCUT2D eigenvalue weighted by molar-refractivity contribution is -0.137. The summed E-state index contributed by atoms with van der Waals surface area (Å²) in [6.45, 7) is 0. The molecule has 0 aliphatic heterocycles. The van der Waals surface area contributed by atoms with E-state index in [2.05, 4.69) is 15.6 Å². The minimum atomic E-state index is -4.53. The van der Waals surface area contributed by atoms with E-state index in [1.54, 1.807) is 0 Å². The van der Waals surface area contributed by atoms with Gasteiger partial charge in [-0.05, 0) is 48.5 Å². The zero-order valence-corrected chi connectivity index (χ0v) is 15.2. The van der Waals surface area contributed by atoms with Crippen LogP contribution in [0.15, 0.2) is 60.8 Å². The fourth-order valence-electron chi connectivity index (χ4n) is 2.27. The quantitative estimate of drug-likeness (QED) is 0.480. The van der Waals surface area contributed by atoms with Gasteiger partial charge in [-0.2, -0.15) is 13.2 Å². The van der Waals surface area contributed by atoms with Crippen molar-refractivity contribution >= 4 is 29.0 Å². The average Bonchev–Trinajstić information content (AvgIpc) is 2.66. The highest BCUT2D eigenvalue weighted by Crippen LogP contribution is 2.33. The van der Waals surface area contributed by atoms with Crippen molar-refractivity contribution in [1.29, 1.82) is 0 Å². The first kappa shape index (κ1) is 20.4. The molecule has 0 fully saturated rings. The van der Waals surface area contributed by atoms with E-state index in [0.717, 1.165) is 18.2 Å². The predicted molar refractivity (Wildman–Crippen MR) is 99.8 cm³/mol. The van der Waals surface area contributed by atoms with Gasteiger partial charge in [-0.3, -0.25) is 0 Å². The second-order valence-electron chi connectivity index (χ2n) is 5.69. The zero-order chi connectivity index (χ0) is 21.0. The normalized spacial score (nSPS) is 11.1. The number of anilines is 2. The third-order valence-electron chi connectivity index (χ3n) is 3.57. The summed E-state index contributed by atoms with van der Waals surface area (Å²) in [6.07, 6.45) is -3.17. The van der Waals surface area contributed by atoms with Crippen molar-refractivity contribution in [2.75, 3.05) is 10.6 Å². The van der Waals surface area contributed by atoms with Gasteiger partial charge in [0.05, 0.1) is 10.6 Å². The Labute approximate surface area is 167 Å². The molecule has 3 aromatic rings. The van der Waals surface area contributed by atoms with Crippen LogP contribution in [0, 0.1) is 5.82 Å². The summed E-state index contributed by atoms with van der Waals surface area (Å²) in [7, 11) is 0. The van der Waals surface area contributed by atoms with Crippen LogP contribution in [0.5, 0.6) is 11.6 Å². The minimum Gasteiger partial charge on any atom is -0.437 e. The fraction of sp³-hybridized carbons (Fsp3) is 0.0526. The maximum atomic E-state index is 13.2. The van der Waals surface area contributed by atoms with E-state index in [9.17, 15) is 22.4 Å². The average molecular weight is 426 g/mol. The molecular weight excluding hydrogens is 414 g/mol. The van der Waals surface area contributed by atoms with E-state index in [1.165, 1.54) is 42.6 Å². The Morgan fingerprint density at radius 3 is 2.55 bits per heavy atom. The summed E-state index contributed by atoms with van der Waals surface area (Å²) in [4.78, 5) is 16.1. The van der Waals surface area contributed by atoms with Crippen molar-refractivity contribution in [1.82, 2.24) is 4.98 Å². The number of nitrogens with zero attached hydrogens (tertiary/aromatic N) is 1. The van der Waals surface area contributed by atoms with Crippen molar-refractivity contribution in [3.8, 4) is 11.6 Å². The van der Waals surface area contributed by atoms with E-state index in [-0.39, 0.29) is 28.0 Å².